The Balaban J connectivity index is 3.85. The lowest BCUT2D eigenvalue weighted by molar-refractivity contribution is -0.154. The van der Waals surface area contributed by atoms with Crippen LogP contribution in [-0.4, -0.2) is 49.9 Å². The van der Waals surface area contributed by atoms with E-state index >= 15 is 0 Å². The molecule has 9 heteroatoms. The van der Waals surface area contributed by atoms with Gasteiger partial charge in [-0.1, -0.05) is 231 Å². The maximum atomic E-state index is 12.6. The van der Waals surface area contributed by atoms with Gasteiger partial charge in [-0.25, -0.2) is 4.57 Å². The summed E-state index contributed by atoms with van der Waals surface area (Å²) < 4.78 is 33.6. The molecule has 0 radical (unpaired) electrons. The molecular formula is C50H100NO7P. The molecule has 0 rings (SSSR count). The number of unbranched alkanes of at least 4 members (excludes halogenated alkanes) is 35. The van der Waals surface area contributed by atoms with Gasteiger partial charge < -0.3 is 20.1 Å². The van der Waals surface area contributed by atoms with Crippen molar-refractivity contribution in [3.8, 4) is 0 Å². The standard InChI is InChI=1S/C50H100NO7P/c1-3-5-7-9-11-13-15-17-19-20-21-22-23-24-25-26-27-28-30-32-34-36-38-40-42-45-55-47-49(48-57-59(53,54)56-46-44-51)58-50(52)43-41-39-37-35-33-31-29-18-16-14-12-10-8-6-4-2/h18,29,49H,3-17,19-28,30-48,51H2,1-2H3,(H,53,54)/b29-18-. The van der Waals surface area contributed by atoms with E-state index in [0.717, 1.165) is 44.9 Å². The SMILES string of the molecule is CCCCCCCC/C=C\CCCCCCCC(=O)OC(COCCCCCCCCCCCCCCCCCCCCCCCCCCC)COP(=O)(O)OCCN. The molecule has 0 aromatic carbocycles. The van der Waals surface area contributed by atoms with E-state index < -0.39 is 13.9 Å². The molecule has 0 aliphatic rings. The van der Waals surface area contributed by atoms with Crippen molar-refractivity contribution >= 4 is 13.8 Å². The molecule has 0 heterocycles. The summed E-state index contributed by atoms with van der Waals surface area (Å²) in [6, 6.07) is 0. The third kappa shape index (κ3) is 48.1. The first kappa shape index (κ1) is 58.2. The van der Waals surface area contributed by atoms with Gasteiger partial charge in [0, 0.05) is 19.6 Å². The van der Waals surface area contributed by atoms with E-state index in [-0.39, 0.29) is 32.3 Å². The van der Waals surface area contributed by atoms with Crippen LogP contribution in [0, 0.1) is 0 Å². The zero-order valence-corrected chi connectivity index (χ0v) is 40.2. The average molecular weight is 858 g/mol. The number of hydrogen-bond acceptors (Lipinski definition) is 7. The van der Waals surface area contributed by atoms with Gasteiger partial charge in [-0.3, -0.25) is 13.8 Å². The summed E-state index contributed by atoms with van der Waals surface area (Å²) in [6.45, 7) is 4.97. The smallest absolute Gasteiger partial charge is 0.457 e. The van der Waals surface area contributed by atoms with Crippen LogP contribution in [0.3, 0.4) is 0 Å². The zero-order valence-electron chi connectivity index (χ0n) is 39.3. The van der Waals surface area contributed by atoms with Crippen LogP contribution < -0.4 is 5.73 Å². The van der Waals surface area contributed by atoms with E-state index in [1.807, 2.05) is 0 Å². The van der Waals surface area contributed by atoms with Crippen LogP contribution in [0.4, 0.5) is 0 Å². The molecule has 352 valence electrons. The lowest BCUT2D eigenvalue weighted by Gasteiger charge is -2.20. The highest BCUT2D eigenvalue weighted by Gasteiger charge is 2.25. The summed E-state index contributed by atoms with van der Waals surface area (Å²) in [5, 5.41) is 0. The van der Waals surface area contributed by atoms with Crippen molar-refractivity contribution in [2.45, 2.75) is 270 Å². The number of rotatable bonds is 50. The molecule has 0 saturated carbocycles. The number of phosphoric acid groups is 1. The Morgan fingerprint density at radius 1 is 0.492 bits per heavy atom. The third-order valence-electron chi connectivity index (χ3n) is 11.4. The Bertz CT molecular complexity index is 920. The number of carbonyl (C=O) groups excluding carboxylic acids is 1. The van der Waals surface area contributed by atoms with E-state index in [0.29, 0.717) is 13.0 Å². The lowest BCUT2D eigenvalue weighted by atomic mass is 10.0. The van der Waals surface area contributed by atoms with Crippen molar-refractivity contribution in [2.75, 3.05) is 33.0 Å². The van der Waals surface area contributed by atoms with Gasteiger partial charge >= 0.3 is 13.8 Å². The lowest BCUT2D eigenvalue weighted by Crippen LogP contribution is -2.28. The van der Waals surface area contributed by atoms with Crippen LogP contribution in [0.25, 0.3) is 0 Å². The Hall–Kier alpha value is -0.760. The number of carbonyl (C=O) groups is 1. The molecule has 0 aliphatic heterocycles. The van der Waals surface area contributed by atoms with Crippen LogP contribution in [0.15, 0.2) is 12.2 Å². The minimum atomic E-state index is -4.28. The molecule has 0 fully saturated rings. The molecule has 0 aromatic heterocycles. The largest absolute Gasteiger partial charge is 0.472 e. The highest BCUT2D eigenvalue weighted by atomic mass is 31.2. The quantitative estimate of drug-likeness (QED) is 0.0269. The van der Waals surface area contributed by atoms with Gasteiger partial charge in [0.1, 0.15) is 6.10 Å². The second-order valence-electron chi connectivity index (χ2n) is 17.4. The van der Waals surface area contributed by atoms with Crippen molar-refractivity contribution in [2.24, 2.45) is 5.73 Å². The topological polar surface area (TPSA) is 117 Å². The molecule has 2 unspecified atom stereocenters. The number of hydrogen-bond donors (Lipinski definition) is 2. The molecule has 0 aromatic rings. The Kier molecular flexibility index (Phi) is 47.7. The van der Waals surface area contributed by atoms with E-state index in [9.17, 15) is 14.3 Å². The number of phosphoric ester groups is 1. The highest BCUT2D eigenvalue weighted by molar-refractivity contribution is 7.47. The molecule has 0 amide bonds. The van der Waals surface area contributed by atoms with Crippen LogP contribution >= 0.6 is 7.82 Å². The van der Waals surface area contributed by atoms with Crippen LogP contribution in [-0.2, 0) is 27.9 Å². The summed E-state index contributed by atoms with van der Waals surface area (Å²) in [5.74, 6) is -0.333. The molecule has 0 saturated heterocycles. The molecule has 0 bridgehead atoms. The Morgan fingerprint density at radius 3 is 1.24 bits per heavy atom. The summed E-state index contributed by atoms with van der Waals surface area (Å²) in [6.07, 6.45) is 54.0. The second-order valence-corrected chi connectivity index (χ2v) is 18.8. The van der Waals surface area contributed by atoms with Crippen molar-refractivity contribution in [1.82, 2.24) is 0 Å². The predicted octanol–water partition coefficient (Wildman–Crippen LogP) is 15.8. The third-order valence-corrected chi connectivity index (χ3v) is 12.4. The van der Waals surface area contributed by atoms with Crippen molar-refractivity contribution in [3.05, 3.63) is 12.2 Å². The van der Waals surface area contributed by atoms with Crippen LogP contribution in [0.1, 0.15) is 264 Å². The van der Waals surface area contributed by atoms with Gasteiger partial charge in [0.25, 0.3) is 0 Å². The van der Waals surface area contributed by atoms with Gasteiger partial charge in [-0.15, -0.1) is 0 Å². The van der Waals surface area contributed by atoms with Crippen molar-refractivity contribution < 1.29 is 32.8 Å². The van der Waals surface area contributed by atoms with Gasteiger partial charge in [-0.2, -0.15) is 0 Å². The average Bonchev–Trinajstić information content (AvgIpc) is 3.23. The highest BCUT2D eigenvalue weighted by Crippen LogP contribution is 2.43. The second kappa shape index (κ2) is 48.3. The Morgan fingerprint density at radius 2 is 0.847 bits per heavy atom. The summed E-state index contributed by atoms with van der Waals surface area (Å²) in [7, 11) is -4.28. The fourth-order valence-corrected chi connectivity index (χ4v) is 8.41. The molecule has 0 spiro atoms. The van der Waals surface area contributed by atoms with Gasteiger partial charge in [-0.05, 0) is 38.5 Å². The normalized spacial score (nSPS) is 13.4. The molecule has 2 atom stereocenters. The number of esters is 1. The molecular weight excluding hydrogens is 758 g/mol. The first-order valence-electron chi connectivity index (χ1n) is 25.7. The van der Waals surface area contributed by atoms with E-state index in [1.165, 1.54) is 199 Å². The maximum Gasteiger partial charge on any atom is 0.472 e. The predicted molar refractivity (Wildman–Crippen MR) is 252 cm³/mol. The minimum absolute atomic E-state index is 0.0935. The van der Waals surface area contributed by atoms with Gasteiger partial charge in [0.2, 0.25) is 0 Å². The summed E-state index contributed by atoms with van der Waals surface area (Å²) in [5.41, 5.74) is 5.38. The molecule has 3 N–H and O–H groups in total. The summed E-state index contributed by atoms with van der Waals surface area (Å²) in [4.78, 5) is 22.5. The molecule has 8 nitrogen and oxygen atoms in total. The Labute approximate surface area is 366 Å². The minimum Gasteiger partial charge on any atom is -0.457 e. The van der Waals surface area contributed by atoms with Crippen molar-refractivity contribution in [3.63, 3.8) is 0 Å². The number of allylic oxidation sites excluding steroid dienone is 2. The monoisotopic (exact) mass is 858 g/mol. The van der Waals surface area contributed by atoms with Crippen LogP contribution in [0.5, 0.6) is 0 Å². The molecule has 59 heavy (non-hydrogen) atoms. The van der Waals surface area contributed by atoms with Gasteiger partial charge in [0.05, 0.1) is 19.8 Å². The van der Waals surface area contributed by atoms with Crippen molar-refractivity contribution in [1.29, 1.82) is 0 Å². The zero-order chi connectivity index (χ0) is 43.0. The first-order chi connectivity index (χ1) is 28.9. The van der Waals surface area contributed by atoms with Gasteiger partial charge in [0.15, 0.2) is 0 Å². The number of ether oxygens (including phenoxy) is 2. The first-order valence-corrected chi connectivity index (χ1v) is 27.2. The maximum absolute atomic E-state index is 12.6. The fourth-order valence-electron chi connectivity index (χ4n) is 7.64. The van der Waals surface area contributed by atoms with Crippen LogP contribution in [0.2, 0.25) is 0 Å². The number of nitrogens with two attached hydrogens (primary N) is 1. The fraction of sp³-hybridized carbons (Fsp3) is 0.940. The molecule has 0 aliphatic carbocycles. The summed E-state index contributed by atoms with van der Waals surface area (Å²) >= 11 is 0. The van der Waals surface area contributed by atoms with E-state index in [2.05, 4.69) is 26.0 Å². The van der Waals surface area contributed by atoms with E-state index in [1.54, 1.807) is 0 Å². The van der Waals surface area contributed by atoms with E-state index in [4.69, 9.17) is 24.3 Å².